The van der Waals surface area contributed by atoms with Crippen LogP contribution in [-0.2, 0) is 16.8 Å². The van der Waals surface area contributed by atoms with Crippen molar-refractivity contribution >= 4 is 24.3 Å². The van der Waals surface area contributed by atoms with Crippen molar-refractivity contribution in [3.05, 3.63) is 65.7 Å². The van der Waals surface area contributed by atoms with E-state index in [1.54, 1.807) is 43.4 Å². The van der Waals surface area contributed by atoms with Gasteiger partial charge in [0.25, 0.3) is 0 Å². The number of carbonyl (C=O) groups is 1. The molecule has 0 aromatic heterocycles. The van der Waals surface area contributed by atoms with E-state index in [2.05, 4.69) is 19.6 Å². The van der Waals surface area contributed by atoms with Gasteiger partial charge < -0.3 is 10.0 Å². The van der Waals surface area contributed by atoms with Crippen molar-refractivity contribution in [2.75, 3.05) is 11.9 Å². The molecule has 0 spiro atoms. The molecule has 0 radical (unpaired) electrons. The van der Waals surface area contributed by atoms with Gasteiger partial charge in [-0.15, -0.1) is 12.6 Å². The lowest BCUT2D eigenvalue weighted by Crippen LogP contribution is -2.55. The van der Waals surface area contributed by atoms with E-state index in [4.69, 9.17) is 0 Å². The van der Waals surface area contributed by atoms with Crippen molar-refractivity contribution in [1.29, 1.82) is 0 Å². The van der Waals surface area contributed by atoms with Crippen molar-refractivity contribution in [3.8, 4) is 0 Å². The summed E-state index contributed by atoms with van der Waals surface area (Å²) in [5.74, 6) is -1.28. The van der Waals surface area contributed by atoms with Gasteiger partial charge in [0.2, 0.25) is 5.54 Å². The second-order valence-corrected chi connectivity index (χ2v) is 6.20. The largest absolute Gasteiger partial charge is 0.479 e. The van der Waals surface area contributed by atoms with Crippen LogP contribution in [0, 0.1) is 0 Å². The molecule has 2 aromatic rings. The quantitative estimate of drug-likeness (QED) is 0.735. The van der Waals surface area contributed by atoms with E-state index in [0.29, 0.717) is 11.3 Å². The number of hydrogen-bond acceptors (Lipinski definition) is 3. The Hall–Kier alpha value is -2.01. The predicted molar refractivity (Wildman–Crippen MR) is 98.5 cm³/mol. The van der Waals surface area contributed by atoms with Crippen LogP contribution in [-0.4, -0.2) is 23.6 Å². The Kier molecular flexibility index (Phi) is 5.89. The molecule has 5 heteroatoms. The molecule has 0 aliphatic carbocycles. The number of alkyl halides is 1. The lowest BCUT2D eigenvalue weighted by molar-refractivity contribution is -0.145. The van der Waals surface area contributed by atoms with Gasteiger partial charge in [-0.25, -0.2) is 9.18 Å². The highest BCUT2D eigenvalue weighted by molar-refractivity contribution is 7.80. The Bertz CT molecular complexity index is 676. The third kappa shape index (κ3) is 3.26. The van der Waals surface area contributed by atoms with Crippen LogP contribution in [0.1, 0.15) is 24.5 Å². The Balaban J connectivity index is 2.57. The molecular formula is C19H22FNO2S. The maximum Gasteiger partial charge on any atom is 0.338 e. The zero-order valence-corrected chi connectivity index (χ0v) is 14.7. The third-order valence-corrected chi connectivity index (χ3v) is 4.65. The fourth-order valence-electron chi connectivity index (χ4n) is 2.93. The molecule has 0 heterocycles. The van der Waals surface area contributed by atoms with E-state index in [1.165, 1.54) is 4.90 Å². The number of hydrogen-bond donors (Lipinski definition) is 2. The summed E-state index contributed by atoms with van der Waals surface area (Å²) < 4.78 is 14.6. The van der Waals surface area contributed by atoms with Gasteiger partial charge in [-0.05, 0) is 29.7 Å². The van der Waals surface area contributed by atoms with E-state index in [0.717, 1.165) is 18.4 Å². The molecule has 1 N–H and O–H groups in total. The molecule has 0 unspecified atom stereocenters. The molecule has 0 saturated heterocycles. The zero-order valence-electron chi connectivity index (χ0n) is 13.8. The Morgan fingerprint density at radius 3 is 2.25 bits per heavy atom. The minimum absolute atomic E-state index is 0.365. The number of halogens is 1. The van der Waals surface area contributed by atoms with Crippen LogP contribution in [0.15, 0.2) is 54.6 Å². The first-order chi connectivity index (χ1) is 11.4. The van der Waals surface area contributed by atoms with Crippen LogP contribution < -0.4 is 4.90 Å². The maximum absolute atomic E-state index is 14.6. The first kappa shape index (κ1) is 18.3. The average Bonchev–Trinajstić information content (AvgIpc) is 2.57. The van der Waals surface area contributed by atoms with Crippen LogP contribution in [0.25, 0.3) is 0 Å². The number of carboxylic acids is 1. The lowest BCUT2D eigenvalue weighted by atomic mass is 9.87. The topological polar surface area (TPSA) is 40.5 Å². The minimum atomic E-state index is -1.91. The molecule has 3 nitrogen and oxygen atoms in total. The Morgan fingerprint density at radius 2 is 1.79 bits per heavy atom. The summed E-state index contributed by atoms with van der Waals surface area (Å²) in [4.78, 5) is 13.6. The van der Waals surface area contributed by atoms with E-state index < -0.39 is 17.0 Å². The molecule has 128 valence electrons. The fraction of sp³-hybridized carbons (Fsp3) is 0.316. The van der Waals surface area contributed by atoms with E-state index in [9.17, 15) is 14.3 Å². The molecule has 0 fully saturated rings. The summed E-state index contributed by atoms with van der Waals surface area (Å²) in [6.07, 6.45) is 1.89. The second-order valence-electron chi connectivity index (χ2n) is 5.75. The number of anilines is 1. The van der Waals surface area contributed by atoms with E-state index in [-0.39, 0.29) is 0 Å². The molecule has 0 saturated carbocycles. The molecule has 2 aromatic carbocycles. The van der Waals surface area contributed by atoms with Crippen LogP contribution in [0.3, 0.4) is 0 Å². The first-order valence-corrected chi connectivity index (χ1v) is 8.40. The van der Waals surface area contributed by atoms with Crippen molar-refractivity contribution in [1.82, 2.24) is 0 Å². The molecule has 2 atom stereocenters. The third-order valence-electron chi connectivity index (χ3n) is 4.28. The normalized spacial score (nSPS) is 14.7. The monoisotopic (exact) mass is 347 g/mol. The van der Waals surface area contributed by atoms with Crippen LogP contribution in [0.5, 0.6) is 0 Å². The van der Waals surface area contributed by atoms with Gasteiger partial charge >= 0.3 is 5.97 Å². The highest BCUT2D eigenvalue weighted by atomic mass is 32.1. The standard InChI is InChI=1S/C19H22FNO2S/c1-3-7-14-10-12-15(13-11-14)19(17(20)24,18(22)23)21(2)16-8-5-4-6-9-16/h4-6,8-13,17,24H,3,7H2,1-2H3,(H,22,23)/t17-,19+/m0/s1. The molecular weight excluding hydrogens is 325 g/mol. The van der Waals surface area contributed by atoms with E-state index >= 15 is 0 Å². The summed E-state index contributed by atoms with van der Waals surface area (Å²) in [6.45, 7) is 2.07. The summed E-state index contributed by atoms with van der Waals surface area (Å²) in [5, 5.41) is 9.92. The summed E-state index contributed by atoms with van der Waals surface area (Å²) in [5.41, 5.74) is -1.75. The number of aryl methyl sites for hydroxylation is 1. The number of likely N-dealkylation sites (N-methyl/N-ethyl adjacent to an activating group) is 1. The smallest absolute Gasteiger partial charge is 0.338 e. The van der Waals surface area contributed by atoms with Crippen LogP contribution in [0.4, 0.5) is 10.1 Å². The molecule has 2 rings (SSSR count). The highest BCUT2D eigenvalue weighted by Crippen LogP contribution is 2.38. The van der Waals surface area contributed by atoms with Crippen LogP contribution in [0.2, 0.25) is 0 Å². The Morgan fingerprint density at radius 1 is 1.21 bits per heavy atom. The van der Waals surface area contributed by atoms with Crippen molar-refractivity contribution in [3.63, 3.8) is 0 Å². The van der Waals surface area contributed by atoms with Gasteiger partial charge in [0, 0.05) is 12.7 Å². The number of aliphatic carboxylic acids is 1. The highest BCUT2D eigenvalue weighted by Gasteiger charge is 2.51. The number of thiol groups is 1. The van der Waals surface area contributed by atoms with Crippen molar-refractivity contribution in [2.45, 2.75) is 30.8 Å². The van der Waals surface area contributed by atoms with Gasteiger partial charge in [0.05, 0.1) is 0 Å². The van der Waals surface area contributed by atoms with Gasteiger partial charge in [-0.2, -0.15) is 0 Å². The number of benzene rings is 2. The average molecular weight is 347 g/mol. The molecule has 0 aliphatic rings. The minimum Gasteiger partial charge on any atom is -0.479 e. The number of nitrogens with zero attached hydrogens (tertiary/aromatic N) is 1. The zero-order chi connectivity index (χ0) is 17.7. The maximum atomic E-state index is 14.6. The number of carboxylic acid groups (broad SMARTS) is 1. The van der Waals surface area contributed by atoms with Gasteiger partial charge in [0.1, 0.15) is 0 Å². The van der Waals surface area contributed by atoms with Gasteiger partial charge in [0.15, 0.2) is 5.50 Å². The fourth-order valence-corrected chi connectivity index (χ4v) is 3.36. The predicted octanol–water partition coefficient (Wildman–Crippen LogP) is 4.28. The first-order valence-electron chi connectivity index (χ1n) is 7.88. The molecule has 24 heavy (non-hydrogen) atoms. The van der Waals surface area contributed by atoms with Crippen molar-refractivity contribution < 1.29 is 14.3 Å². The summed E-state index contributed by atoms with van der Waals surface area (Å²) in [7, 11) is 1.58. The lowest BCUT2D eigenvalue weighted by Gasteiger charge is -2.40. The number of para-hydroxylation sites is 1. The molecule has 0 amide bonds. The summed E-state index contributed by atoms with van der Waals surface area (Å²) in [6, 6.07) is 16.0. The van der Waals surface area contributed by atoms with Crippen molar-refractivity contribution in [2.24, 2.45) is 0 Å². The van der Waals surface area contributed by atoms with Gasteiger partial charge in [-0.1, -0.05) is 55.8 Å². The number of rotatable bonds is 7. The second kappa shape index (κ2) is 7.71. The van der Waals surface area contributed by atoms with Gasteiger partial charge in [-0.3, -0.25) is 0 Å². The van der Waals surface area contributed by atoms with Crippen LogP contribution >= 0.6 is 12.6 Å². The van der Waals surface area contributed by atoms with E-state index in [1.807, 2.05) is 18.2 Å². The molecule has 0 aliphatic heterocycles. The summed E-state index contributed by atoms with van der Waals surface area (Å²) >= 11 is 3.90. The molecule has 0 bridgehead atoms. The SMILES string of the molecule is CCCc1ccc([C@](C(=O)O)([C@@H](F)S)N(C)c2ccccc2)cc1. The Labute approximate surface area is 147 Å².